The lowest BCUT2D eigenvalue weighted by Crippen LogP contribution is -2.44. The minimum Gasteiger partial charge on any atom is -0.444 e. The molecule has 0 aromatic heterocycles. The van der Waals surface area contributed by atoms with Gasteiger partial charge in [0.2, 0.25) is 11.9 Å². The van der Waals surface area contributed by atoms with Gasteiger partial charge in [0.15, 0.2) is 0 Å². The van der Waals surface area contributed by atoms with Crippen LogP contribution in [0, 0.1) is 20.2 Å². The summed E-state index contributed by atoms with van der Waals surface area (Å²) in [6.07, 6.45) is -1.69. The number of nitrogens with two attached hydrogens (primary N) is 1. The summed E-state index contributed by atoms with van der Waals surface area (Å²) in [7, 11) is 0. The Bertz CT molecular complexity index is 1060. The summed E-state index contributed by atoms with van der Waals surface area (Å²) in [5, 5.41) is 25.9. The number of alkyl carbamates (subject to hydrolysis) is 2. The lowest BCUT2D eigenvalue weighted by molar-refractivity contribution is -0.385. The number of non-ortho nitro benzene ring substituents is 2. The molecule has 0 fully saturated rings. The number of hydrogen-bond acceptors (Lipinski definition) is 10. The molecule has 4 N–H and O–H groups in total. The molecular formula is C21H22N6O9. The first-order chi connectivity index (χ1) is 17.1. The summed E-state index contributed by atoms with van der Waals surface area (Å²) >= 11 is 0. The highest BCUT2D eigenvalue weighted by atomic mass is 16.6. The van der Waals surface area contributed by atoms with Gasteiger partial charge in [-0.15, -0.1) is 0 Å². The van der Waals surface area contributed by atoms with E-state index in [1.807, 2.05) is 0 Å². The zero-order valence-corrected chi connectivity index (χ0v) is 18.7. The number of guanidine groups is 1. The lowest BCUT2D eigenvalue weighted by atomic mass is 10.2. The number of amides is 3. The van der Waals surface area contributed by atoms with E-state index >= 15 is 0 Å². The second-order valence-corrected chi connectivity index (χ2v) is 7.05. The van der Waals surface area contributed by atoms with Gasteiger partial charge in [-0.25, -0.2) is 9.59 Å². The van der Waals surface area contributed by atoms with Crippen molar-refractivity contribution in [3.8, 4) is 0 Å². The molecular weight excluding hydrogens is 480 g/mol. The van der Waals surface area contributed by atoms with E-state index in [9.17, 15) is 34.6 Å². The highest BCUT2D eigenvalue weighted by molar-refractivity contribution is 6.01. The van der Waals surface area contributed by atoms with E-state index in [0.29, 0.717) is 11.1 Å². The van der Waals surface area contributed by atoms with Gasteiger partial charge in [-0.3, -0.25) is 40.6 Å². The van der Waals surface area contributed by atoms with Crippen molar-refractivity contribution in [3.05, 3.63) is 79.9 Å². The first kappa shape index (κ1) is 27.2. The van der Waals surface area contributed by atoms with Crippen LogP contribution in [0.5, 0.6) is 0 Å². The predicted octanol–water partition coefficient (Wildman–Crippen LogP) is 2.28. The molecule has 0 aliphatic rings. The maximum absolute atomic E-state index is 12.1. The Balaban J connectivity index is 1.92. The van der Waals surface area contributed by atoms with E-state index in [1.165, 1.54) is 48.5 Å². The van der Waals surface area contributed by atoms with Gasteiger partial charge in [-0.1, -0.05) is 0 Å². The quantitative estimate of drug-likeness (QED) is 0.142. The van der Waals surface area contributed by atoms with E-state index < -0.39 is 27.9 Å². The Morgan fingerprint density at radius 2 is 1.22 bits per heavy atom. The van der Waals surface area contributed by atoms with Gasteiger partial charge in [0.25, 0.3) is 11.4 Å². The molecule has 36 heavy (non-hydrogen) atoms. The van der Waals surface area contributed by atoms with Crippen LogP contribution in [0.4, 0.5) is 21.0 Å². The summed E-state index contributed by atoms with van der Waals surface area (Å²) in [4.78, 5) is 59.4. The predicted molar refractivity (Wildman–Crippen MR) is 124 cm³/mol. The van der Waals surface area contributed by atoms with Crippen LogP contribution in [-0.4, -0.2) is 40.4 Å². The second-order valence-electron chi connectivity index (χ2n) is 7.05. The van der Waals surface area contributed by atoms with Crippen molar-refractivity contribution in [1.29, 1.82) is 0 Å². The summed E-state index contributed by atoms with van der Waals surface area (Å²) in [5.74, 6) is -0.862. The number of rotatable bonds is 10. The number of nitro benzene ring substituents is 2. The molecule has 2 aromatic rings. The Morgan fingerprint density at radius 3 is 1.58 bits per heavy atom. The molecule has 190 valence electrons. The van der Waals surface area contributed by atoms with Crippen molar-refractivity contribution in [3.63, 3.8) is 0 Å². The Hall–Kier alpha value is -5.08. The lowest BCUT2D eigenvalue weighted by Gasteiger charge is -2.12. The van der Waals surface area contributed by atoms with E-state index in [-0.39, 0.29) is 49.9 Å². The fourth-order valence-electron chi connectivity index (χ4n) is 2.55. The third-order valence-corrected chi connectivity index (χ3v) is 4.33. The largest absolute Gasteiger partial charge is 0.444 e. The zero-order chi connectivity index (χ0) is 26.5. The Morgan fingerprint density at radius 1 is 0.806 bits per heavy atom. The topological polar surface area (TPSA) is 218 Å². The van der Waals surface area contributed by atoms with Gasteiger partial charge in [-0.05, 0) is 41.8 Å². The van der Waals surface area contributed by atoms with Gasteiger partial charge in [-0.2, -0.15) is 0 Å². The van der Waals surface area contributed by atoms with Crippen LogP contribution >= 0.6 is 0 Å². The van der Waals surface area contributed by atoms with Crippen molar-refractivity contribution < 1.29 is 33.7 Å². The molecule has 0 unspecified atom stereocenters. The average molecular weight is 502 g/mol. The first-order valence-electron chi connectivity index (χ1n) is 10.3. The van der Waals surface area contributed by atoms with Crippen molar-refractivity contribution in [2.24, 2.45) is 10.7 Å². The molecule has 2 aromatic carbocycles. The Labute approximate surface area is 203 Å². The summed E-state index contributed by atoms with van der Waals surface area (Å²) in [5.41, 5.74) is 5.79. The minimum absolute atomic E-state index is 0.0313. The van der Waals surface area contributed by atoms with Crippen molar-refractivity contribution in [1.82, 2.24) is 10.6 Å². The maximum atomic E-state index is 12.1. The molecule has 0 atom stereocenters. The van der Waals surface area contributed by atoms with Crippen molar-refractivity contribution in [2.45, 2.75) is 26.1 Å². The van der Waals surface area contributed by atoms with Crippen LogP contribution in [0.2, 0.25) is 0 Å². The van der Waals surface area contributed by atoms with E-state index in [1.54, 1.807) is 0 Å². The number of nitrogens with one attached hydrogen (secondary N) is 2. The van der Waals surface area contributed by atoms with E-state index in [0.717, 1.165) is 0 Å². The fourth-order valence-corrected chi connectivity index (χ4v) is 2.55. The smallest absolute Gasteiger partial charge is 0.414 e. The minimum atomic E-state index is -0.988. The number of carbonyl (C=O) groups is 3. The monoisotopic (exact) mass is 502 g/mol. The highest BCUT2D eigenvalue weighted by Crippen LogP contribution is 2.13. The van der Waals surface area contributed by atoms with Crippen LogP contribution in [0.1, 0.15) is 24.0 Å². The number of ether oxygens (including phenoxy) is 2. The number of nitro groups is 2. The fraction of sp³-hybridized carbons (Fsp3) is 0.238. The number of aliphatic imine (C=N–C) groups is 1. The SMILES string of the molecule is NC(=O)CCCN=C(NC(=O)OCc1ccc([N+](=O)[O-])cc1)NC(=O)OCc1ccc([N+](=O)[O-])cc1. The third kappa shape index (κ3) is 9.82. The van der Waals surface area contributed by atoms with Gasteiger partial charge < -0.3 is 15.2 Å². The van der Waals surface area contributed by atoms with E-state index in [2.05, 4.69) is 15.6 Å². The molecule has 0 saturated heterocycles. The number of benzene rings is 2. The normalized spacial score (nSPS) is 10.0. The first-order valence-corrected chi connectivity index (χ1v) is 10.3. The maximum Gasteiger partial charge on any atom is 0.414 e. The molecule has 2 rings (SSSR count). The van der Waals surface area contributed by atoms with Gasteiger partial charge in [0.1, 0.15) is 13.2 Å². The van der Waals surface area contributed by atoms with Crippen molar-refractivity contribution >= 4 is 35.4 Å². The molecule has 15 heteroatoms. The molecule has 3 amide bonds. The summed E-state index contributed by atoms with van der Waals surface area (Å²) < 4.78 is 10.0. The highest BCUT2D eigenvalue weighted by Gasteiger charge is 2.13. The van der Waals surface area contributed by atoms with Crippen LogP contribution in [0.25, 0.3) is 0 Å². The average Bonchev–Trinajstić information content (AvgIpc) is 2.84. The molecule has 0 heterocycles. The molecule has 0 aliphatic heterocycles. The van der Waals surface area contributed by atoms with Gasteiger partial charge in [0, 0.05) is 37.2 Å². The molecule has 0 radical (unpaired) electrons. The molecule has 0 aliphatic carbocycles. The van der Waals surface area contributed by atoms with Crippen molar-refractivity contribution in [2.75, 3.05) is 6.54 Å². The van der Waals surface area contributed by atoms with Crippen LogP contribution in [-0.2, 0) is 27.5 Å². The molecule has 0 spiro atoms. The number of hydrogen-bond donors (Lipinski definition) is 3. The van der Waals surface area contributed by atoms with E-state index in [4.69, 9.17) is 15.2 Å². The molecule has 0 saturated carbocycles. The zero-order valence-electron chi connectivity index (χ0n) is 18.7. The van der Waals surface area contributed by atoms with Crippen LogP contribution in [0.3, 0.4) is 0 Å². The number of nitrogens with zero attached hydrogens (tertiary/aromatic N) is 3. The second kappa shape index (κ2) is 13.6. The summed E-state index contributed by atoms with van der Waals surface area (Å²) in [6.45, 7) is -0.406. The standard InChI is InChI=1S/C21H22N6O9/c22-18(28)2-1-11-23-19(24-20(29)35-12-14-3-7-16(8-4-14)26(31)32)25-21(30)36-13-15-5-9-17(10-6-15)27(33)34/h3-10H,1-2,11-13H2,(H2,22,28)(H2,23,24,25,29,30). The summed E-state index contributed by atoms with van der Waals surface area (Å²) in [6, 6.07) is 10.7. The Kier molecular flexibility index (Phi) is 10.3. The van der Waals surface area contributed by atoms with Crippen LogP contribution < -0.4 is 16.4 Å². The number of primary amides is 1. The molecule has 0 bridgehead atoms. The molecule has 15 nitrogen and oxygen atoms in total. The number of carbonyl (C=O) groups excluding carboxylic acids is 3. The van der Waals surface area contributed by atoms with Gasteiger partial charge >= 0.3 is 12.2 Å². The van der Waals surface area contributed by atoms with Gasteiger partial charge in [0.05, 0.1) is 9.85 Å². The van der Waals surface area contributed by atoms with Crippen LogP contribution in [0.15, 0.2) is 53.5 Å². The third-order valence-electron chi connectivity index (χ3n) is 4.33.